The molecule has 0 saturated carbocycles. The van der Waals surface area contributed by atoms with Gasteiger partial charge in [-0.05, 0) is 52.5 Å². The van der Waals surface area contributed by atoms with E-state index in [1.807, 2.05) is 13.8 Å². The minimum atomic E-state index is -3.79. The van der Waals surface area contributed by atoms with E-state index in [1.54, 1.807) is 48.5 Å². The predicted molar refractivity (Wildman–Crippen MR) is 136 cm³/mol. The van der Waals surface area contributed by atoms with Crippen LogP contribution in [0, 0.1) is 0 Å². The fraction of sp³-hybridized carbons (Fsp3) is 0.391. The van der Waals surface area contributed by atoms with Gasteiger partial charge in [0, 0.05) is 22.6 Å². The molecule has 0 radical (unpaired) electrons. The van der Waals surface area contributed by atoms with Gasteiger partial charge in [-0.2, -0.15) is 0 Å². The van der Waals surface area contributed by atoms with Crippen LogP contribution in [-0.2, 0) is 26.2 Å². The molecule has 10 heteroatoms. The molecule has 180 valence electrons. The Bertz CT molecular complexity index is 1080. The van der Waals surface area contributed by atoms with E-state index in [0.717, 1.165) is 17.0 Å². The molecule has 33 heavy (non-hydrogen) atoms. The summed E-state index contributed by atoms with van der Waals surface area (Å²) >= 11 is 9.69. The first kappa shape index (κ1) is 27.1. The monoisotopic (exact) mass is 557 g/mol. The van der Waals surface area contributed by atoms with Crippen molar-refractivity contribution in [2.24, 2.45) is 0 Å². The summed E-state index contributed by atoms with van der Waals surface area (Å²) in [6.45, 7) is 3.85. The van der Waals surface area contributed by atoms with Gasteiger partial charge in [-0.15, -0.1) is 0 Å². The third kappa shape index (κ3) is 7.45. The number of carbonyl (C=O) groups is 2. The lowest BCUT2D eigenvalue weighted by Gasteiger charge is -2.33. The van der Waals surface area contributed by atoms with E-state index in [9.17, 15) is 18.0 Å². The van der Waals surface area contributed by atoms with Gasteiger partial charge >= 0.3 is 0 Å². The largest absolute Gasteiger partial charge is 0.354 e. The highest BCUT2D eigenvalue weighted by atomic mass is 79.9. The number of hydrogen-bond donors (Lipinski definition) is 1. The van der Waals surface area contributed by atoms with Crippen LogP contribution in [0.4, 0.5) is 5.69 Å². The third-order valence-corrected chi connectivity index (χ3v) is 7.20. The fourth-order valence-corrected chi connectivity index (χ4v) is 5.02. The van der Waals surface area contributed by atoms with Gasteiger partial charge in [0.1, 0.15) is 12.6 Å². The van der Waals surface area contributed by atoms with Gasteiger partial charge in [0.25, 0.3) is 0 Å². The van der Waals surface area contributed by atoms with Crippen molar-refractivity contribution in [2.45, 2.75) is 39.3 Å². The Labute approximate surface area is 209 Å². The summed E-state index contributed by atoms with van der Waals surface area (Å²) in [5, 5.41) is 3.30. The van der Waals surface area contributed by atoms with E-state index in [2.05, 4.69) is 21.2 Å². The maximum atomic E-state index is 13.6. The second-order valence-electron chi connectivity index (χ2n) is 7.55. The van der Waals surface area contributed by atoms with Crippen LogP contribution in [0.25, 0.3) is 0 Å². The van der Waals surface area contributed by atoms with Crippen LogP contribution in [0.2, 0.25) is 5.02 Å². The summed E-state index contributed by atoms with van der Waals surface area (Å²) in [5.41, 5.74) is 1.01. The highest BCUT2D eigenvalue weighted by molar-refractivity contribution is 9.10. The Balaban J connectivity index is 2.45. The van der Waals surface area contributed by atoms with Crippen LogP contribution in [0.15, 0.2) is 53.0 Å². The van der Waals surface area contributed by atoms with Gasteiger partial charge in [-0.3, -0.25) is 13.9 Å². The molecule has 0 aliphatic rings. The SMILES string of the molecule is CCCNC(=O)[C@@H](CC)N(Cc1ccccc1Cl)C(=O)CN(c1ccccc1Br)S(C)(=O)=O. The first-order valence-electron chi connectivity index (χ1n) is 10.6. The van der Waals surface area contributed by atoms with E-state index in [-0.39, 0.29) is 12.5 Å². The molecule has 2 rings (SSSR count). The van der Waals surface area contributed by atoms with Gasteiger partial charge in [-0.1, -0.05) is 55.8 Å². The number of nitrogens with zero attached hydrogens (tertiary/aromatic N) is 2. The smallest absolute Gasteiger partial charge is 0.244 e. The molecule has 1 N–H and O–H groups in total. The fourth-order valence-electron chi connectivity index (χ4n) is 3.34. The summed E-state index contributed by atoms with van der Waals surface area (Å²) in [6.07, 6.45) is 2.16. The van der Waals surface area contributed by atoms with Crippen molar-refractivity contribution in [3.8, 4) is 0 Å². The van der Waals surface area contributed by atoms with E-state index < -0.39 is 28.5 Å². The number of para-hydroxylation sites is 1. The average molecular weight is 559 g/mol. The first-order valence-corrected chi connectivity index (χ1v) is 13.6. The number of nitrogens with one attached hydrogen (secondary N) is 1. The van der Waals surface area contributed by atoms with Crippen molar-refractivity contribution in [1.29, 1.82) is 0 Å². The van der Waals surface area contributed by atoms with Crippen LogP contribution < -0.4 is 9.62 Å². The molecule has 0 saturated heterocycles. The van der Waals surface area contributed by atoms with Crippen molar-refractivity contribution in [3.63, 3.8) is 0 Å². The molecule has 0 unspecified atom stereocenters. The zero-order valence-electron chi connectivity index (χ0n) is 18.9. The maximum Gasteiger partial charge on any atom is 0.244 e. The maximum absolute atomic E-state index is 13.6. The molecule has 2 aromatic rings. The number of hydrogen-bond acceptors (Lipinski definition) is 4. The van der Waals surface area contributed by atoms with Crippen molar-refractivity contribution in [2.75, 3.05) is 23.7 Å². The molecule has 2 aromatic carbocycles. The minimum absolute atomic E-state index is 0.0735. The minimum Gasteiger partial charge on any atom is -0.354 e. The Morgan fingerprint density at radius 3 is 2.30 bits per heavy atom. The summed E-state index contributed by atoms with van der Waals surface area (Å²) < 4.78 is 26.8. The predicted octanol–water partition coefficient (Wildman–Crippen LogP) is 4.20. The molecular weight excluding hydrogens is 530 g/mol. The van der Waals surface area contributed by atoms with E-state index >= 15 is 0 Å². The Morgan fingerprint density at radius 1 is 1.09 bits per heavy atom. The number of benzene rings is 2. The topological polar surface area (TPSA) is 86.8 Å². The van der Waals surface area contributed by atoms with Gasteiger partial charge < -0.3 is 10.2 Å². The van der Waals surface area contributed by atoms with Crippen molar-refractivity contribution in [1.82, 2.24) is 10.2 Å². The summed E-state index contributed by atoms with van der Waals surface area (Å²) in [4.78, 5) is 27.8. The number of rotatable bonds is 11. The molecule has 2 amide bonds. The molecule has 7 nitrogen and oxygen atoms in total. The van der Waals surface area contributed by atoms with Crippen LogP contribution in [0.5, 0.6) is 0 Å². The van der Waals surface area contributed by atoms with E-state index in [0.29, 0.717) is 33.7 Å². The molecule has 0 bridgehead atoms. The summed E-state index contributed by atoms with van der Waals surface area (Å²) in [6, 6.07) is 13.0. The lowest BCUT2D eigenvalue weighted by Crippen LogP contribution is -2.52. The first-order chi connectivity index (χ1) is 15.6. The molecular formula is C23H29BrClN3O4S. The highest BCUT2D eigenvalue weighted by Crippen LogP contribution is 2.28. The molecule has 0 heterocycles. The summed E-state index contributed by atoms with van der Waals surface area (Å²) in [5.74, 6) is -0.791. The average Bonchev–Trinajstić information content (AvgIpc) is 2.76. The number of anilines is 1. The molecule has 0 aromatic heterocycles. The van der Waals surface area contributed by atoms with Crippen molar-refractivity contribution < 1.29 is 18.0 Å². The second-order valence-corrected chi connectivity index (χ2v) is 10.7. The van der Waals surface area contributed by atoms with Crippen LogP contribution >= 0.6 is 27.5 Å². The number of carbonyl (C=O) groups excluding carboxylic acids is 2. The Morgan fingerprint density at radius 2 is 1.73 bits per heavy atom. The van der Waals surface area contributed by atoms with Gasteiger partial charge in [-0.25, -0.2) is 8.42 Å². The highest BCUT2D eigenvalue weighted by Gasteiger charge is 2.32. The molecule has 0 aliphatic heterocycles. The van der Waals surface area contributed by atoms with Crippen LogP contribution in [0.1, 0.15) is 32.3 Å². The third-order valence-electron chi connectivity index (χ3n) is 5.03. The van der Waals surface area contributed by atoms with Crippen LogP contribution in [-0.4, -0.2) is 50.5 Å². The zero-order chi connectivity index (χ0) is 24.6. The number of halogens is 2. The van der Waals surface area contributed by atoms with Crippen molar-refractivity contribution in [3.05, 3.63) is 63.6 Å². The Kier molecular flexibility index (Phi) is 10.2. The molecule has 0 spiro atoms. The molecule has 0 aliphatic carbocycles. The van der Waals surface area contributed by atoms with Gasteiger partial charge in [0.15, 0.2) is 0 Å². The lowest BCUT2D eigenvalue weighted by molar-refractivity contribution is -0.140. The van der Waals surface area contributed by atoms with Gasteiger partial charge in [0.2, 0.25) is 21.8 Å². The number of sulfonamides is 1. The molecule has 1 atom stereocenters. The van der Waals surface area contributed by atoms with E-state index in [1.165, 1.54) is 4.90 Å². The zero-order valence-corrected chi connectivity index (χ0v) is 22.1. The van der Waals surface area contributed by atoms with Crippen LogP contribution in [0.3, 0.4) is 0 Å². The normalized spacial score (nSPS) is 12.2. The standard InChI is InChI=1S/C23H29BrClN3O4S/c1-4-14-26-23(30)20(5-2)27(15-17-10-6-8-12-19(17)25)22(29)16-28(33(3,31)32)21-13-9-7-11-18(21)24/h6-13,20H,4-5,14-16H2,1-3H3,(H,26,30)/t20-/m1/s1. The quantitative estimate of drug-likeness (QED) is 0.448. The van der Waals surface area contributed by atoms with Gasteiger partial charge in [0.05, 0.1) is 11.9 Å². The lowest BCUT2D eigenvalue weighted by atomic mass is 10.1. The number of amides is 2. The second kappa shape index (κ2) is 12.4. The van der Waals surface area contributed by atoms with E-state index in [4.69, 9.17) is 11.6 Å². The Hall–Kier alpha value is -2.10. The summed E-state index contributed by atoms with van der Waals surface area (Å²) in [7, 11) is -3.79. The van der Waals surface area contributed by atoms with Crippen molar-refractivity contribution >= 4 is 55.1 Å². The molecule has 0 fully saturated rings.